The van der Waals surface area contributed by atoms with Crippen LogP contribution in [0.2, 0.25) is 0 Å². The van der Waals surface area contributed by atoms with Gasteiger partial charge in [0.25, 0.3) is 11.8 Å². The van der Waals surface area contributed by atoms with E-state index < -0.39 is 17.8 Å². The average Bonchev–Trinajstić information content (AvgIpc) is 3.15. The molecule has 4 rings (SSSR count). The van der Waals surface area contributed by atoms with Gasteiger partial charge in [-0.1, -0.05) is 48.5 Å². The zero-order valence-corrected chi connectivity index (χ0v) is 14.1. The van der Waals surface area contributed by atoms with Gasteiger partial charge >= 0.3 is 6.03 Å². The summed E-state index contributed by atoms with van der Waals surface area (Å²) in [5, 5.41) is 2.18. The van der Waals surface area contributed by atoms with Gasteiger partial charge in [0, 0.05) is 5.56 Å². The number of carbonyl (C=O) groups excluding carboxylic acids is 3. The van der Waals surface area contributed by atoms with Crippen LogP contribution in [0.4, 0.5) is 10.5 Å². The molecule has 27 heavy (non-hydrogen) atoms. The molecule has 1 aliphatic rings. The first kappa shape index (κ1) is 16.5. The molecule has 132 valence electrons. The number of barbiturate groups is 1. The summed E-state index contributed by atoms with van der Waals surface area (Å²) in [6, 6.07) is 20.5. The van der Waals surface area contributed by atoms with Crippen LogP contribution in [0.3, 0.4) is 0 Å². The van der Waals surface area contributed by atoms with Crippen molar-refractivity contribution in [1.29, 1.82) is 0 Å². The number of para-hydroxylation sites is 1. The Morgan fingerprint density at radius 2 is 1.48 bits per heavy atom. The van der Waals surface area contributed by atoms with E-state index in [1.54, 1.807) is 42.5 Å². The number of benzene rings is 2. The number of amides is 4. The van der Waals surface area contributed by atoms with Crippen molar-refractivity contribution in [3.8, 4) is 11.3 Å². The lowest BCUT2D eigenvalue weighted by atomic mass is 10.1. The first-order valence-electron chi connectivity index (χ1n) is 8.25. The van der Waals surface area contributed by atoms with Crippen LogP contribution in [0.15, 0.2) is 82.8 Å². The molecule has 0 saturated carbocycles. The Morgan fingerprint density at radius 3 is 2.19 bits per heavy atom. The second kappa shape index (κ2) is 6.76. The molecular formula is C21H14N2O4. The van der Waals surface area contributed by atoms with Gasteiger partial charge in [0.05, 0.1) is 5.69 Å². The molecule has 1 N–H and O–H groups in total. The van der Waals surface area contributed by atoms with Crippen molar-refractivity contribution in [3.05, 3.63) is 84.1 Å². The van der Waals surface area contributed by atoms with Gasteiger partial charge in [0.15, 0.2) is 0 Å². The van der Waals surface area contributed by atoms with Gasteiger partial charge in [-0.05, 0) is 30.3 Å². The van der Waals surface area contributed by atoms with Gasteiger partial charge < -0.3 is 4.42 Å². The third-order valence-electron chi connectivity index (χ3n) is 4.09. The van der Waals surface area contributed by atoms with Gasteiger partial charge in [0.1, 0.15) is 17.1 Å². The maximum absolute atomic E-state index is 12.8. The number of nitrogens with zero attached hydrogens (tertiary/aromatic N) is 1. The number of hydrogen-bond donors (Lipinski definition) is 1. The molecule has 1 fully saturated rings. The minimum atomic E-state index is -0.780. The van der Waals surface area contributed by atoms with Crippen molar-refractivity contribution < 1.29 is 18.8 Å². The molecule has 0 unspecified atom stereocenters. The summed E-state index contributed by atoms with van der Waals surface area (Å²) in [4.78, 5) is 38.0. The number of nitrogens with one attached hydrogen (secondary N) is 1. The van der Waals surface area contributed by atoms with Crippen molar-refractivity contribution in [2.24, 2.45) is 0 Å². The topological polar surface area (TPSA) is 79.6 Å². The van der Waals surface area contributed by atoms with E-state index >= 15 is 0 Å². The molecule has 0 atom stereocenters. The van der Waals surface area contributed by atoms with Gasteiger partial charge in [-0.15, -0.1) is 0 Å². The third kappa shape index (κ3) is 3.16. The molecule has 0 aliphatic carbocycles. The maximum Gasteiger partial charge on any atom is 0.335 e. The molecule has 1 aromatic heterocycles. The summed E-state index contributed by atoms with van der Waals surface area (Å²) in [6.07, 6.45) is 1.34. The standard InChI is InChI=1S/C21H14N2O4/c24-19-17(13-16-11-12-18(27-16)14-7-3-1-4-8-14)20(25)23(21(26)22-19)15-9-5-2-6-10-15/h1-13H,(H,22,24,26)/b17-13+. The van der Waals surface area contributed by atoms with Crippen molar-refractivity contribution in [3.63, 3.8) is 0 Å². The molecule has 3 aromatic rings. The largest absolute Gasteiger partial charge is 0.457 e. The van der Waals surface area contributed by atoms with Crippen LogP contribution in [0.1, 0.15) is 5.76 Å². The third-order valence-corrected chi connectivity index (χ3v) is 4.09. The van der Waals surface area contributed by atoms with E-state index in [2.05, 4.69) is 5.32 Å². The Bertz CT molecular complexity index is 1050. The Balaban J connectivity index is 1.68. The Hall–Kier alpha value is -3.93. The first-order chi connectivity index (χ1) is 13.1. The zero-order chi connectivity index (χ0) is 18.8. The summed E-state index contributed by atoms with van der Waals surface area (Å²) < 4.78 is 5.72. The molecule has 2 aromatic carbocycles. The highest BCUT2D eigenvalue weighted by Gasteiger charge is 2.36. The number of imide groups is 2. The predicted molar refractivity (Wildman–Crippen MR) is 99.6 cm³/mol. The number of urea groups is 1. The highest BCUT2D eigenvalue weighted by Crippen LogP contribution is 2.25. The Kier molecular flexibility index (Phi) is 4.14. The van der Waals surface area contributed by atoms with Crippen molar-refractivity contribution in [1.82, 2.24) is 5.32 Å². The second-order valence-electron chi connectivity index (χ2n) is 5.86. The van der Waals surface area contributed by atoms with Crippen LogP contribution in [0, 0.1) is 0 Å². The number of anilines is 1. The molecule has 6 heteroatoms. The smallest absolute Gasteiger partial charge is 0.335 e. The van der Waals surface area contributed by atoms with E-state index in [0.29, 0.717) is 17.2 Å². The zero-order valence-electron chi connectivity index (χ0n) is 14.1. The van der Waals surface area contributed by atoms with E-state index in [1.807, 2.05) is 30.3 Å². The van der Waals surface area contributed by atoms with Crippen LogP contribution >= 0.6 is 0 Å². The summed E-state index contributed by atoms with van der Waals surface area (Å²) >= 11 is 0. The SMILES string of the molecule is O=C1NC(=O)N(c2ccccc2)C(=O)/C1=C/c1ccc(-c2ccccc2)o1. The number of furan rings is 1. The maximum atomic E-state index is 12.8. The molecule has 1 saturated heterocycles. The van der Waals surface area contributed by atoms with Crippen LogP contribution in [0.25, 0.3) is 17.4 Å². The van der Waals surface area contributed by atoms with Crippen LogP contribution in [-0.2, 0) is 9.59 Å². The summed E-state index contributed by atoms with van der Waals surface area (Å²) in [7, 11) is 0. The molecule has 6 nitrogen and oxygen atoms in total. The van der Waals surface area contributed by atoms with Crippen LogP contribution in [0.5, 0.6) is 0 Å². The van der Waals surface area contributed by atoms with Gasteiger partial charge in [-0.2, -0.15) is 0 Å². The van der Waals surface area contributed by atoms with Gasteiger partial charge in [-0.25, -0.2) is 9.69 Å². The van der Waals surface area contributed by atoms with Crippen molar-refractivity contribution in [2.45, 2.75) is 0 Å². The Morgan fingerprint density at radius 1 is 0.815 bits per heavy atom. The molecule has 0 radical (unpaired) electrons. The number of carbonyl (C=O) groups is 3. The fourth-order valence-electron chi connectivity index (χ4n) is 2.80. The molecule has 1 aliphatic heterocycles. The van der Waals surface area contributed by atoms with Crippen molar-refractivity contribution >= 4 is 29.6 Å². The van der Waals surface area contributed by atoms with Gasteiger partial charge in [0.2, 0.25) is 0 Å². The fourth-order valence-corrected chi connectivity index (χ4v) is 2.80. The van der Waals surface area contributed by atoms with E-state index in [4.69, 9.17) is 4.42 Å². The summed E-state index contributed by atoms with van der Waals surface area (Å²) in [5.74, 6) is -0.501. The lowest BCUT2D eigenvalue weighted by Gasteiger charge is -2.26. The highest BCUT2D eigenvalue weighted by molar-refractivity contribution is 6.39. The van der Waals surface area contributed by atoms with E-state index in [1.165, 1.54) is 6.08 Å². The second-order valence-corrected chi connectivity index (χ2v) is 5.86. The van der Waals surface area contributed by atoms with Gasteiger partial charge in [-0.3, -0.25) is 14.9 Å². The molecule has 2 heterocycles. The summed E-state index contributed by atoms with van der Waals surface area (Å²) in [5.41, 5.74) is 1.08. The molecular weight excluding hydrogens is 344 g/mol. The quantitative estimate of drug-likeness (QED) is 0.573. The van der Waals surface area contributed by atoms with E-state index in [-0.39, 0.29) is 5.57 Å². The van der Waals surface area contributed by atoms with E-state index in [9.17, 15) is 14.4 Å². The minimum absolute atomic E-state index is 0.174. The molecule has 0 bridgehead atoms. The minimum Gasteiger partial charge on any atom is -0.457 e. The molecule has 0 spiro atoms. The average molecular weight is 358 g/mol. The number of hydrogen-bond acceptors (Lipinski definition) is 4. The molecule has 4 amide bonds. The van der Waals surface area contributed by atoms with Crippen LogP contribution in [-0.4, -0.2) is 17.8 Å². The predicted octanol–water partition coefficient (Wildman–Crippen LogP) is 3.61. The highest BCUT2D eigenvalue weighted by atomic mass is 16.3. The normalized spacial score (nSPS) is 15.9. The number of rotatable bonds is 3. The lowest BCUT2D eigenvalue weighted by molar-refractivity contribution is -0.122. The van der Waals surface area contributed by atoms with E-state index in [0.717, 1.165) is 10.5 Å². The fraction of sp³-hybridized carbons (Fsp3) is 0. The summed E-state index contributed by atoms with van der Waals surface area (Å²) in [6.45, 7) is 0. The monoisotopic (exact) mass is 358 g/mol. The van der Waals surface area contributed by atoms with Crippen LogP contribution < -0.4 is 10.2 Å². The Labute approximate surface area is 154 Å². The van der Waals surface area contributed by atoms with Crippen molar-refractivity contribution in [2.75, 3.05) is 4.90 Å². The lowest BCUT2D eigenvalue weighted by Crippen LogP contribution is -2.54. The first-order valence-corrected chi connectivity index (χ1v) is 8.25.